The van der Waals surface area contributed by atoms with Crippen LogP contribution in [0.25, 0.3) is 0 Å². The fourth-order valence-electron chi connectivity index (χ4n) is 3.19. The molecule has 0 bridgehead atoms. The van der Waals surface area contributed by atoms with Gasteiger partial charge in [-0.25, -0.2) is 0 Å². The van der Waals surface area contributed by atoms with Crippen LogP contribution in [0.5, 0.6) is 0 Å². The van der Waals surface area contributed by atoms with E-state index in [4.69, 9.17) is 11.6 Å². The summed E-state index contributed by atoms with van der Waals surface area (Å²) in [6.45, 7) is 3.08. The van der Waals surface area contributed by atoms with Crippen molar-refractivity contribution in [2.24, 2.45) is 0 Å². The Morgan fingerprint density at radius 1 is 1.04 bits per heavy atom. The van der Waals surface area contributed by atoms with E-state index in [9.17, 15) is 4.79 Å². The van der Waals surface area contributed by atoms with Crippen LogP contribution in [0.1, 0.15) is 24.0 Å². The lowest BCUT2D eigenvalue weighted by molar-refractivity contribution is -0.119. The molecule has 0 atom stereocenters. The highest BCUT2D eigenvalue weighted by molar-refractivity contribution is 7.99. The first kappa shape index (κ1) is 19.3. The van der Waals surface area contributed by atoms with Crippen LogP contribution in [0.2, 0.25) is 5.02 Å². The van der Waals surface area contributed by atoms with Crippen molar-refractivity contribution in [2.45, 2.75) is 31.2 Å². The normalized spacial score (nSPS) is 15.7. The van der Waals surface area contributed by atoms with Gasteiger partial charge >= 0.3 is 0 Å². The molecule has 0 saturated carbocycles. The van der Waals surface area contributed by atoms with Crippen LogP contribution in [-0.2, 0) is 17.1 Å². The molecule has 5 heteroatoms. The Morgan fingerprint density at radius 3 is 2.42 bits per heavy atom. The Kier molecular flexibility index (Phi) is 7.42. The third-order valence-corrected chi connectivity index (χ3v) is 5.87. The lowest BCUT2D eigenvalue weighted by Crippen LogP contribution is -2.44. The van der Waals surface area contributed by atoms with Crippen molar-refractivity contribution < 1.29 is 4.79 Å². The lowest BCUT2D eigenvalue weighted by Gasteiger charge is -2.32. The van der Waals surface area contributed by atoms with Gasteiger partial charge < -0.3 is 5.32 Å². The van der Waals surface area contributed by atoms with Gasteiger partial charge in [0.2, 0.25) is 5.91 Å². The predicted octanol–water partition coefficient (Wildman–Crippen LogP) is 4.35. The highest BCUT2D eigenvalue weighted by Gasteiger charge is 2.20. The quantitative estimate of drug-likeness (QED) is 0.765. The number of piperidine rings is 1. The Bertz CT molecular complexity index is 685. The zero-order chi connectivity index (χ0) is 18.2. The van der Waals surface area contributed by atoms with Gasteiger partial charge in [0.05, 0.1) is 5.75 Å². The topological polar surface area (TPSA) is 32.3 Å². The van der Waals surface area contributed by atoms with Gasteiger partial charge in [-0.05, 0) is 36.1 Å². The molecular formula is C21H25ClN2OS. The number of amides is 1. The Balaban J connectivity index is 1.32. The zero-order valence-electron chi connectivity index (χ0n) is 14.9. The number of nitrogens with one attached hydrogen (secondary N) is 1. The summed E-state index contributed by atoms with van der Waals surface area (Å²) in [7, 11) is 0. The van der Waals surface area contributed by atoms with Crippen molar-refractivity contribution in [1.29, 1.82) is 0 Å². The van der Waals surface area contributed by atoms with Gasteiger partial charge in [-0.2, -0.15) is 0 Å². The summed E-state index contributed by atoms with van der Waals surface area (Å²) < 4.78 is 0. The van der Waals surface area contributed by atoms with Crippen LogP contribution in [0.4, 0.5) is 0 Å². The number of nitrogens with zero attached hydrogens (tertiary/aromatic N) is 1. The molecule has 1 heterocycles. The van der Waals surface area contributed by atoms with Crippen LogP contribution in [-0.4, -0.2) is 35.7 Å². The van der Waals surface area contributed by atoms with E-state index >= 15 is 0 Å². The monoisotopic (exact) mass is 388 g/mol. The molecule has 26 heavy (non-hydrogen) atoms. The van der Waals surface area contributed by atoms with Crippen LogP contribution in [0.15, 0.2) is 54.6 Å². The maximum absolute atomic E-state index is 12.2. The number of likely N-dealkylation sites (tertiary alicyclic amines) is 1. The summed E-state index contributed by atoms with van der Waals surface area (Å²) in [5.41, 5.74) is 2.55. The zero-order valence-corrected chi connectivity index (χ0v) is 16.4. The van der Waals surface area contributed by atoms with Crippen molar-refractivity contribution in [3.05, 3.63) is 70.7 Å². The van der Waals surface area contributed by atoms with Gasteiger partial charge in [-0.1, -0.05) is 54.1 Å². The van der Waals surface area contributed by atoms with E-state index in [0.29, 0.717) is 11.8 Å². The summed E-state index contributed by atoms with van der Waals surface area (Å²) in [5.74, 6) is 1.48. The average Bonchev–Trinajstić information content (AvgIpc) is 2.66. The molecule has 0 radical (unpaired) electrons. The summed E-state index contributed by atoms with van der Waals surface area (Å²) in [6.07, 6.45) is 2.06. The fraction of sp³-hybridized carbons (Fsp3) is 0.381. The van der Waals surface area contributed by atoms with Crippen LogP contribution < -0.4 is 5.32 Å². The molecule has 0 aliphatic carbocycles. The summed E-state index contributed by atoms with van der Waals surface area (Å²) in [6, 6.07) is 18.7. The number of hydrogen-bond donors (Lipinski definition) is 1. The molecular weight excluding hydrogens is 364 g/mol. The number of carbonyl (C=O) groups is 1. The fourth-order valence-corrected chi connectivity index (χ4v) is 4.11. The predicted molar refractivity (Wildman–Crippen MR) is 110 cm³/mol. The van der Waals surface area contributed by atoms with Crippen LogP contribution in [0.3, 0.4) is 0 Å². The maximum atomic E-state index is 12.2. The SMILES string of the molecule is O=C(CSCc1ccc(Cl)cc1)NC1CCN(Cc2ccccc2)CC1. The standard InChI is InChI=1S/C21H25ClN2OS/c22-19-8-6-18(7-9-19)15-26-16-21(25)23-20-10-12-24(13-11-20)14-17-4-2-1-3-5-17/h1-9,20H,10-16H2,(H,23,25). The number of benzene rings is 2. The lowest BCUT2D eigenvalue weighted by atomic mass is 10.0. The molecule has 2 aromatic carbocycles. The van der Waals surface area contributed by atoms with Crippen molar-refractivity contribution in [3.63, 3.8) is 0 Å². The van der Waals surface area contributed by atoms with Crippen molar-refractivity contribution in [1.82, 2.24) is 10.2 Å². The molecule has 0 unspecified atom stereocenters. The molecule has 1 aliphatic heterocycles. The van der Waals surface area contributed by atoms with Crippen molar-refractivity contribution in [2.75, 3.05) is 18.8 Å². The largest absolute Gasteiger partial charge is 0.353 e. The molecule has 0 spiro atoms. The number of rotatable bonds is 7. The van der Waals surface area contributed by atoms with Gasteiger partial charge in [0.15, 0.2) is 0 Å². The second-order valence-electron chi connectivity index (χ2n) is 6.72. The van der Waals surface area contributed by atoms with Gasteiger partial charge in [0.25, 0.3) is 0 Å². The van der Waals surface area contributed by atoms with Gasteiger partial charge in [0, 0.05) is 36.5 Å². The van der Waals surface area contributed by atoms with E-state index in [0.717, 1.165) is 43.3 Å². The molecule has 1 amide bonds. The number of hydrogen-bond acceptors (Lipinski definition) is 3. The first-order chi connectivity index (χ1) is 12.7. The number of thioether (sulfide) groups is 1. The summed E-state index contributed by atoms with van der Waals surface area (Å²) in [5, 5.41) is 3.94. The molecule has 3 rings (SSSR count). The second-order valence-corrected chi connectivity index (χ2v) is 8.14. The summed E-state index contributed by atoms with van der Waals surface area (Å²) >= 11 is 7.53. The van der Waals surface area contributed by atoms with Crippen LogP contribution >= 0.6 is 23.4 Å². The molecule has 1 N–H and O–H groups in total. The summed E-state index contributed by atoms with van der Waals surface area (Å²) in [4.78, 5) is 14.6. The molecule has 3 nitrogen and oxygen atoms in total. The van der Waals surface area contributed by atoms with Crippen molar-refractivity contribution in [3.8, 4) is 0 Å². The molecule has 138 valence electrons. The minimum absolute atomic E-state index is 0.144. The molecule has 1 saturated heterocycles. The Labute approximate surface area is 165 Å². The number of carbonyl (C=O) groups excluding carboxylic acids is 1. The molecule has 1 fully saturated rings. The highest BCUT2D eigenvalue weighted by atomic mass is 35.5. The first-order valence-electron chi connectivity index (χ1n) is 9.07. The first-order valence-corrected chi connectivity index (χ1v) is 10.6. The molecule has 2 aromatic rings. The van der Waals surface area contributed by atoms with Crippen LogP contribution in [0, 0.1) is 0 Å². The van der Waals surface area contributed by atoms with Gasteiger partial charge in [0.1, 0.15) is 0 Å². The number of halogens is 1. The van der Waals surface area contributed by atoms with E-state index in [1.165, 1.54) is 11.1 Å². The van der Waals surface area contributed by atoms with Crippen molar-refractivity contribution >= 4 is 29.3 Å². The minimum Gasteiger partial charge on any atom is -0.353 e. The smallest absolute Gasteiger partial charge is 0.230 e. The highest BCUT2D eigenvalue weighted by Crippen LogP contribution is 2.17. The van der Waals surface area contributed by atoms with Gasteiger partial charge in [-0.15, -0.1) is 11.8 Å². The molecule has 1 aliphatic rings. The van der Waals surface area contributed by atoms with E-state index in [2.05, 4.69) is 40.5 Å². The Hall–Kier alpha value is -1.49. The van der Waals surface area contributed by atoms with E-state index in [1.807, 2.05) is 24.3 Å². The molecule has 0 aromatic heterocycles. The maximum Gasteiger partial charge on any atom is 0.230 e. The van der Waals surface area contributed by atoms with E-state index < -0.39 is 0 Å². The Morgan fingerprint density at radius 2 is 1.73 bits per heavy atom. The second kappa shape index (κ2) is 10.0. The van der Waals surface area contributed by atoms with Gasteiger partial charge in [-0.3, -0.25) is 9.69 Å². The van der Waals surface area contributed by atoms with E-state index in [-0.39, 0.29) is 5.91 Å². The third kappa shape index (κ3) is 6.35. The minimum atomic E-state index is 0.144. The van der Waals surface area contributed by atoms with E-state index in [1.54, 1.807) is 11.8 Å². The third-order valence-electron chi connectivity index (χ3n) is 4.62. The average molecular weight is 389 g/mol.